The number of methoxy groups -OCH3 is 1. The Morgan fingerprint density at radius 2 is 1.91 bits per heavy atom. The van der Waals surface area contributed by atoms with Gasteiger partial charge in [0.2, 0.25) is 5.88 Å². The van der Waals surface area contributed by atoms with Gasteiger partial charge in [0.25, 0.3) is 0 Å². The molecule has 0 fully saturated rings. The summed E-state index contributed by atoms with van der Waals surface area (Å²) < 4.78 is 17.5. The minimum absolute atomic E-state index is 0.0834. The number of hydrogen-bond donors (Lipinski definition) is 0. The summed E-state index contributed by atoms with van der Waals surface area (Å²) in [6, 6.07) is 0. The van der Waals surface area contributed by atoms with Crippen LogP contribution in [0.5, 0.6) is 5.88 Å². The molecular formula is C23H28N8O2. The molecule has 10 heteroatoms. The van der Waals surface area contributed by atoms with E-state index in [2.05, 4.69) is 40.1 Å². The zero-order valence-corrected chi connectivity index (χ0v) is 19.6. The fourth-order valence-electron chi connectivity index (χ4n) is 4.33. The van der Waals surface area contributed by atoms with Crippen molar-refractivity contribution in [2.45, 2.75) is 26.2 Å². The van der Waals surface area contributed by atoms with E-state index >= 15 is 0 Å². The smallest absolute Gasteiger partial charge is 0.221 e. The second kappa shape index (κ2) is 8.45. The van der Waals surface area contributed by atoms with E-state index in [0.717, 1.165) is 46.1 Å². The van der Waals surface area contributed by atoms with E-state index in [-0.39, 0.29) is 6.10 Å². The molecule has 0 aliphatic carbocycles. The number of rotatable bonds is 2. The lowest BCUT2D eigenvalue weighted by atomic mass is 10.2. The van der Waals surface area contributed by atoms with Gasteiger partial charge < -0.3 is 9.47 Å². The lowest BCUT2D eigenvalue weighted by molar-refractivity contribution is 0.148. The van der Waals surface area contributed by atoms with E-state index in [4.69, 9.17) is 14.5 Å². The molecule has 4 aromatic rings. The van der Waals surface area contributed by atoms with Crippen molar-refractivity contribution >= 4 is 17.7 Å². The Hall–Kier alpha value is -3.50. The van der Waals surface area contributed by atoms with Gasteiger partial charge in [0.05, 0.1) is 41.5 Å². The lowest BCUT2D eigenvalue weighted by Crippen LogP contribution is -2.31. The summed E-state index contributed by atoms with van der Waals surface area (Å²) in [5.41, 5.74) is 5.34. The van der Waals surface area contributed by atoms with Crippen LogP contribution in [0.15, 0.2) is 24.8 Å². The van der Waals surface area contributed by atoms with Gasteiger partial charge in [-0.25, -0.2) is 9.67 Å². The van der Waals surface area contributed by atoms with Gasteiger partial charge in [-0.05, 0) is 26.1 Å². The van der Waals surface area contributed by atoms with Gasteiger partial charge in [-0.3, -0.25) is 19.0 Å². The van der Waals surface area contributed by atoms with Gasteiger partial charge in [0.15, 0.2) is 0 Å². The molecule has 0 saturated heterocycles. The van der Waals surface area contributed by atoms with Crippen LogP contribution in [0.4, 0.5) is 0 Å². The van der Waals surface area contributed by atoms with Gasteiger partial charge in [0, 0.05) is 52.3 Å². The summed E-state index contributed by atoms with van der Waals surface area (Å²) in [6.45, 7) is 3.84. The highest BCUT2D eigenvalue weighted by Gasteiger charge is 2.24. The third-order valence-corrected chi connectivity index (χ3v) is 5.70. The topological polar surface area (TPSA) is 87.5 Å². The number of fused-ring (bicyclic) bond motifs is 4. The van der Waals surface area contributed by atoms with Crippen LogP contribution >= 0.6 is 0 Å². The minimum Gasteiger partial charge on any atom is -0.473 e. The molecule has 0 radical (unpaired) electrons. The molecular weight excluding hydrogens is 420 g/mol. The number of ether oxygens (including phenoxy) is 2. The highest BCUT2D eigenvalue weighted by Crippen LogP contribution is 2.33. The number of likely N-dealkylation sites (N-methyl/N-ethyl adjacent to an activating group) is 1. The maximum absolute atomic E-state index is 6.44. The first kappa shape index (κ1) is 21.4. The van der Waals surface area contributed by atoms with Crippen LogP contribution in [0.25, 0.3) is 28.9 Å². The third kappa shape index (κ3) is 4.03. The zero-order valence-electron chi connectivity index (χ0n) is 19.6. The Balaban J connectivity index is 1.70. The van der Waals surface area contributed by atoms with Crippen molar-refractivity contribution in [3.05, 3.63) is 47.6 Å². The first-order chi connectivity index (χ1) is 15.9. The van der Waals surface area contributed by atoms with Crippen molar-refractivity contribution in [2.75, 3.05) is 20.7 Å². The molecule has 1 atom stereocenters. The normalized spacial score (nSPS) is 17.9. The Labute approximate surface area is 192 Å². The van der Waals surface area contributed by atoms with Crippen LogP contribution in [0.1, 0.15) is 29.7 Å². The Morgan fingerprint density at radius 1 is 1.09 bits per heavy atom. The summed E-state index contributed by atoms with van der Waals surface area (Å²) in [5.74, 6) is 1.47. The maximum Gasteiger partial charge on any atom is 0.221 e. The summed E-state index contributed by atoms with van der Waals surface area (Å²) >= 11 is 0. The quantitative estimate of drug-likeness (QED) is 0.465. The number of nitrogens with zero attached hydrogens (tertiary/aromatic N) is 8. The second-order valence-electron chi connectivity index (χ2n) is 8.53. The molecule has 4 aromatic heterocycles. The van der Waals surface area contributed by atoms with Crippen molar-refractivity contribution in [1.82, 2.24) is 38.8 Å². The predicted octanol–water partition coefficient (Wildman–Crippen LogP) is 2.39. The number of aryl methyl sites for hydroxylation is 2. The second-order valence-corrected chi connectivity index (χ2v) is 8.53. The van der Waals surface area contributed by atoms with Gasteiger partial charge in [-0.15, -0.1) is 0 Å². The summed E-state index contributed by atoms with van der Waals surface area (Å²) in [7, 11) is 7.55. The van der Waals surface area contributed by atoms with Crippen LogP contribution in [0.2, 0.25) is 0 Å². The molecule has 10 nitrogen and oxygen atoms in total. The molecule has 0 amide bonds. The average molecular weight is 449 g/mol. The lowest BCUT2D eigenvalue weighted by Gasteiger charge is -2.22. The Bertz CT molecular complexity index is 1330. The monoisotopic (exact) mass is 448 g/mol. The van der Waals surface area contributed by atoms with Crippen LogP contribution in [-0.2, 0) is 32.0 Å². The fourth-order valence-corrected chi connectivity index (χ4v) is 4.33. The summed E-state index contributed by atoms with van der Waals surface area (Å²) in [6.07, 6.45) is 11.6. The summed E-state index contributed by atoms with van der Waals surface area (Å²) in [4.78, 5) is 11.5. The highest BCUT2D eigenvalue weighted by molar-refractivity contribution is 5.72. The van der Waals surface area contributed by atoms with Crippen molar-refractivity contribution in [3.8, 4) is 17.1 Å². The third-order valence-electron chi connectivity index (χ3n) is 5.70. The van der Waals surface area contributed by atoms with Crippen molar-refractivity contribution < 1.29 is 9.47 Å². The van der Waals surface area contributed by atoms with Gasteiger partial charge in [-0.2, -0.15) is 10.2 Å². The van der Waals surface area contributed by atoms with Crippen LogP contribution in [0.3, 0.4) is 0 Å². The highest BCUT2D eigenvalue weighted by atomic mass is 16.5. The fraction of sp³-hybridized carbons (Fsp3) is 0.391. The molecule has 1 aliphatic heterocycles. The average Bonchev–Trinajstić information content (AvgIpc) is 3.41. The van der Waals surface area contributed by atoms with E-state index < -0.39 is 0 Å². The first-order valence-corrected chi connectivity index (χ1v) is 10.9. The van der Waals surface area contributed by atoms with E-state index in [1.165, 1.54) is 0 Å². The predicted molar refractivity (Wildman–Crippen MR) is 124 cm³/mol. The molecule has 5 heterocycles. The first-order valence-electron chi connectivity index (χ1n) is 10.9. The van der Waals surface area contributed by atoms with Gasteiger partial charge in [0.1, 0.15) is 17.6 Å². The molecule has 1 aliphatic rings. The number of hydrogen-bond acceptors (Lipinski definition) is 7. The molecule has 2 bridgehead atoms. The Morgan fingerprint density at radius 3 is 2.73 bits per heavy atom. The summed E-state index contributed by atoms with van der Waals surface area (Å²) in [5, 5.41) is 9.33. The van der Waals surface area contributed by atoms with Crippen LogP contribution in [0, 0.1) is 0 Å². The van der Waals surface area contributed by atoms with Crippen molar-refractivity contribution in [3.63, 3.8) is 0 Å². The molecule has 0 N–H and O–H groups in total. The zero-order chi connectivity index (χ0) is 23.1. The van der Waals surface area contributed by atoms with Crippen LogP contribution < -0.4 is 4.74 Å². The maximum atomic E-state index is 6.44. The molecule has 0 saturated carbocycles. The van der Waals surface area contributed by atoms with Crippen molar-refractivity contribution in [2.24, 2.45) is 14.1 Å². The van der Waals surface area contributed by atoms with Crippen LogP contribution in [-0.4, -0.2) is 65.6 Å². The Kier molecular flexibility index (Phi) is 5.47. The van der Waals surface area contributed by atoms with E-state index in [1.807, 2.05) is 54.0 Å². The standard InChI is InChI=1S/C23H28N8O2/c1-15-10-28(2)12-18-16(11-29(3)26-18)6-7-21-25-9-17-8-24-19(13-31(17)21)22-20(14-32-5)27-30(4)23(22)33-15/h6-9,11,13,15H,10,12,14H2,1-5H3/b7-6+. The molecule has 0 aromatic carbocycles. The molecule has 1 unspecified atom stereocenters. The van der Waals surface area contributed by atoms with Gasteiger partial charge in [-0.1, -0.05) is 0 Å². The largest absolute Gasteiger partial charge is 0.473 e. The molecule has 5 rings (SSSR count). The molecule has 0 spiro atoms. The minimum atomic E-state index is -0.0834. The van der Waals surface area contributed by atoms with E-state index in [9.17, 15) is 0 Å². The number of aromatic nitrogens is 7. The van der Waals surface area contributed by atoms with E-state index in [1.54, 1.807) is 11.8 Å². The van der Waals surface area contributed by atoms with Gasteiger partial charge >= 0.3 is 0 Å². The molecule has 172 valence electrons. The van der Waals surface area contributed by atoms with Crippen molar-refractivity contribution in [1.29, 1.82) is 0 Å². The number of imidazole rings is 1. The molecule has 33 heavy (non-hydrogen) atoms. The van der Waals surface area contributed by atoms with E-state index in [0.29, 0.717) is 19.0 Å². The SMILES string of the molecule is COCc1nn(C)c2c1-c1cn3c(ncc3cn1)/C=C/c1cn(C)nc1CN(C)CC(C)O2.